The van der Waals surface area contributed by atoms with Crippen LogP contribution in [0.15, 0.2) is 12.3 Å². The number of rotatable bonds is 5. The molecule has 122 valence electrons. The second kappa shape index (κ2) is 7.70. The first-order chi connectivity index (χ1) is 10.6. The molecule has 1 fully saturated rings. The minimum absolute atomic E-state index is 0.0103. The van der Waals surface area contributed by atoms with Gasteiger partial charge in [0.1, 0.15) is 0 Å². The third-order valence-electron chi connectivity index (χ3n) is 4.99. The molecule has 1 aromatic heterocycles. The molecule has 3 nitrogen and oxygen atoms in total. The van der Waals surface area contributed by atoms with Gasteiger partial charge >= 0.3 is 5.97 Å². The Labute approximate surface area is 132 Å². The molecule has 0 spiro atoms. The molecule has 1 unspecified atom stereocenters. The Kier molecular flexibility index (Phi) is 5.92. The van der Waals surface area contributed by atoms with E-state index in [4.69, 9.17) is 4.74 Å². The zero-order chi connectivity index (χ0) is 16.1. The van der Waals surface area contributed by atoms with Crippen molar-refractivity contribution in [3.63, 3.8) is 0 Å². The lowest BCUT2D eigenvalue weighted by molar-refractivity contribution is -0.150. The molecule has 0 radical (unpaired) electrons. The van der Waals surface area contributed by atoms with E-state index in [1.807, 2.05) is 13.0 Å². The molecule has 2 rings (SSSR count). The lowest BCUT2D eigenvalue weighted by atomic mass is 9.72. The minimum atomic E-state index is -0.363. The predicted molar refractivity (Wildman–Crippen MR) is 84.0 cm³/mol. The molecule has 1 aromatic rings. The van der Waals surface area contributed by atoms with Crippen LogP contribution in [0.2, 0.25) is 0 Å². The lowest BCUT2D eigenvalue weighted by Crippen LogP contribution is -2.28. The number of nitrogens with zero attached hydrogens (tertiary/aromatic N) is 1. The zero-order valence-electron chi connectivity index (χ0n) is 13.8. The van der Waals surface area contributed by atoms with Gasteiger partial charge in [0.25, 0.3) is 0 Å². The van der Waals surface area contributed by atoms with Crippen LogP contribution in [0.3, 0.4) is 0 Å². The molecule has 0 aliphatic heterocycles. The van der Waals surface area contributed by atoms with Gasteiger partial charge < -0.3 is 4.74 Å². The highest BCUT2D eigenvalue weighted by Gasteiger charge is 2.32. The first-order valence-electron chi connectivity index (χ1n) is 8.36. The number of hydrogen-bond donors (Lipinski definition) is 0. The highest BCUT2D eigenvalue weighted by Crippen LogP contribution is 2.40. The summed E-state index contributed by atoms with van der Waals surface area (Å²) in [6.07, 6.45) is 6.40. The van der Waals surface area contributed by atoms with Gasteiger partial charge in [0.05, 0.1) is 12.5 Å². The molecule has 1 aliphatic rings. The number of hydrogen-bond acceptors (Lipinski definition) is 3. The minimum Gasteiger partial charge on any atom is -0.466 e. The molecule has 0 bridgehead atoms. The number of halogens is 1. The zero-order valence-corrected chi connectivity index (χ0v) is 13.8. The summed E-state index contributed by atoms with van der Waals surface area (Å²) in [5.41, 5.74) is 1.75. The van der Waals surface area contributed by atoms with Gasteiger partial charge in [-0.3, -0.25) is 4.79 Å². The number of carbonyl (C=O) groups is 1. The van der Waals surface area contributed by atoms with Gasteiger partial charge in [-0.1, -0.05) is 6.92 Å². The maximum atomic E-state index is 13.6. The summed E-state index contributed by atoms with van der Waals surface area (Å²) in [6.45, 7) is 6.15. The molecule has 4 heteroatoms. The van der Waals surface area contributed by atoms with Crippen LogP contribution in [-0.4, -0.2) is 17.6 Å². The summed E-state index contributed by atoms with van der Waals surface area (Å²) in [7, 11) is 0. The SMILES string of the molecule is CCOC(=O)C(CC)[C@H]1CC[C@@H](c2ccnc(F)c2C)CC1. The van der Waals surface area contributed by atoms with E-state index in [0.717, 1.165) is 37.7 Å². The van der Waals surface area contributed by atoms with Crippen LogP contribution in [0.1, 0.15) is 63.0 Å². The van der Waals surface area contributed by atoms with E-state index < -0.39 is 0 Å². The van der Waals surface area contributed by atoms with Gasteiger partial charge in [-0.05, 0) is 69.4 Å². The maximum Gasteiger partial charge on any atom is 0.309 e. The fraction of sp³-hybridized carbons (Fsp3) is 0.667. The summed E-state index contributed by atoms with van der Waals surface area (Å²) in [5.74, 6) is 0.370. The quantitative estimate of drug-likeness (QED) is 0.598. The van der Waals surface area contributed by atoms with Crippen molar-refractivity contribution in [2.45, 2.75) is 58.8 Å². The Bertz CT molecular complexity index is 510. The Morgan fingerprint density at radius 1 is 1.36 bits per heavy atom. The largest absolute Gasteiger partial charge is 0.466 e. The third kappa shape index (κ3) is 3.65. The predicted octanol–water partition coefficient (Wildman–Crippen LogP) is 4.39. The number of carbonyl (C=O) groups excluding carboxylic acids is 1. The van der Waals surface area contributed by atoms with Crippen LogP contribution in [0, 0.1) is 24.7 Å². The summed E-state index contributed by atoms with van der Waals surface area (Å²) < 4.78 is 18.8. The van der Waals surface area contributed by atoms with Crippen LogP contribution in [0.25, 0.3) is 0 Å². The maximum absolute atomic E-state index is 13.6. The van der Waals surface area contributed by atoms with Crippen molar-refractivity contribution in [2.75, 3.05) is 6.61 Å². The summed E-state index contributed by atoms with van der Waals surface area (Å²) >= 11 is 0. The number of ether oxygens (including phenoxy) is 1. The van der Waals surface area contributed by atoms with Crippen LogP contribution in [0.4, 0.5) is 4.39 Å². The van der Waals surface area contributed by atoms with Crippen LogP contribution in [0.5, 0.6) is 0 Å². The Morgan fingerprint density at radius 3 is 2.64 bits per heavy atom. The third-order valence-corrected chi connectivity index (χ3v) is 4.99. The lowest BCUT2D eigenvalue weighted by Gasteiger charge is -2.33. The first kappa shape index (κ1) is 16.9. The molecule has 0 N–H and O–H groups in total. The molecule has 1 atom stereocenters. The molecular weight excluding hydrogens is 281 g/mol. The highest BCUT2D eigenvalue weighted by molar-refractivity contribution is 5.72. The molecule has 0 saturated heterocycles. The van der Waals surface area contributed by atoms with Crippen LogP contribution < -0.4 is 0 Å². The van der Waals surface area contributed by atoms with Crippen molar-refractivity contribution in [2.24, 2.45) is 11.8 Å². The van der Waals surface area contributed by atoms with E-state index in [0.29, 0.717) is 24.0 Å². The van der Waals surface area contributed by atoms with Crippen molar-refractivity contribution in [1.29, 1.82) is 0 Å². The molecule has 1 heterocycles. The summed E-state index contributed by atoms with van der Waals surface area (Å²) in [4.78, 5) is 15.8. The van der Waals surface area contributed by atoms with E-state index in [1.54, 1.807) is 13.1 Å². The van der Waals surface area contributed by atoms with E-state index in [2.05, 4.69) is 11.9 Å². The fourth-order valence-electron chi connectivity index (χ4n) is 3.74. The molecular formula is C18H26FNO2. The summed E-state index contributed by atoms with van der Waals surface area (Å²) in [5, 5.41) is 0. The number of esters is 1. The van der Waals surface area contributed by atoms with Crippen LogP contribution in [-0.2, 0) is 9.53 Å². The van der Waals surface area contributed by atoms with Crippen molar-refractivity contribution in [3.05, 3.63) is 29.3 Å². The van der Waals surface area contributed by atoms with Gasteiger partial charge in [0, 0.05) is 11.8 Å². The van der Waals surface area contributed by atoms with Gasteiger partial charge in [-0.25, -0.2) is 4.98 Å². The standard InChI is InChI=1S/C18H26FNO2/c1-4-15(18(21)22-5-2)13-6-8-14(9-7-13)16-10-11-20-17(19)12(16)3/h10-11,13-15H,4-9H2,1-3H3/t13-,14+,15?. The molecule has 0 aromatic carbocycles. The number of aromatic nitrogens is 1. The second-order valence-corrected chi connectivity index (χ2v) is 6.19. The monoisotopic (exact) mass is 307 g/mol. The average Bonchev–Trinajstić information content (AvgIpc) is 2.52. The second-order valence-electron chi connectivity index (χ2n) is 6.19. The van der Waals surface area contributed by atoms with Crippen molar-refractivity contribution < 1.29 is 13.9 Å². The van der Waals surface area contributed by atoms with E-state index in [9.17, 15) is 9.18 Å². The van der Waals surface area contributed by atoms with Crippen LogP contribution >= 0.6 is 0 Å². The topological polar surface area (TPSA) is 39.2 Å². The molecule has 1 aliphatic carbocycles. The van der Waals surface area contributed by atoms with Crippen molar-refractivity contribution in [1.82, 2.24) is 4.98 Å². The summed E-state index contributed by atoms with van der Waals surface area (Å²) in [6, 6.07) is 1.94. The normalized spacial score (nSPS) is 23.1. The van der Waals surface area contributed by atoms with E-state index in [1.165, 1.54) is 0 Å². The van der Waals surface area contributed by atoms with E-state index in [-0.39, 0.29) is 17.8 Å². The Hall–Kier alpha value is -1.45. The molecule has 22 heavy (non-hydrogen) atoms. The number of pyridine rings is 1. The average molecular weight is 307 g/mol. The van der Waals surface area contributed by atoms with Crippen molar-refractivity contribution in [3.8, 4) is 0 Å². The molecule has 1 saturated carbocycles. The Morgan fingerprint density at radius 2 is 2.05 bits per heavy atom. The highest BCUT2D eigenvalue weighted by atomic mass is 19.1. The molecule has 0 amide bonds. The van der Waals surface area contributed by atoms with Gasteiger partial charge in [-0.15, -0.1) is 0 Å². The Balaban J connectivity index is 2.00. The van der Waals surface area contributed by atoms with Gasteiger partial charge in [0.15, 0.2) is 0 Å². The smallest absolute Gasteiger partial charge is 0.309 e. The first-order valence-corrected chi connectivity index (χ1v) is 8.36. The van der Waals surface area contributed by atoms with E-state index >= 15 is 0 Å². The van der Waals surface area contributed by atoms with Gasteiger partial charge in [-0.2, -0.15) is 4.39 Å². The van der Waals surface area contributed by atoms with Gasteiger partial charge in [0.2, 0.25) is 5.95 Å². The fourth-order valence-corrected chi connectivity index (χ4v) is 3.74. The van der Waals surface area contributed by atoms with Crippen molar-refractivity contribution >= 4 is 5.97 Å².